The van der Waals surface area contributed by atoms with Crippen molar-refractivity contribution in [3.63, 3.8) is 0 Å². The summed E-state index contributed by atoms with van der Waals surface area (Å²) in [6, 6.07) is 1.94. The number of hydrogen-bond donors (Lipinski definition) is 1. The fraction of sp³-hybridized carbons (Fsp3) is 0.583. The third-order valence-electron chi connectivity index (χ3n) is 2.94. The molecule has 1 aliphatic rings. The van der Waals surface area contributed by atoms with Crippen LogP contribution in [0.1, 0.15) is 25.3 Å². The van der Waals surface area contributed by atoms with Gasteiger partial charge in [0.2, 0.25) is 0 Å². The zero-order chi connectivity index (χ0) is 11.5. The number of pyridine rings is 1. The molecule has 88 valence electrons. The fourth-order valence-electron chi connectivity index (χ4n) is 1.85. The Bertz CT molecular complexity index is 366. The van der Waals surface area contributed by atoms with Crippen molar-refractivity contribution in [2.45, 2.75) is 26.4 Å². The number of aliphatic hydroxyl groups excluding tert-OH is 1. The van der Waals surface area contributed by atoms with E-state index >= 15 is 0 Å². The predicted octanol–water partition coefficient (Wildman–Crippen LogP) is 2.57. The summed E-state index contributed by atoms with van der Waals surface area (Å²) in [7, 11) is 0. The molecular weight excluding hydrogens is 268 g/mol. The number of nitrogens with zero attached hydrogens (tertiary/aromatic N) is 2. The molecule has 0 unspecified atom stereocenters. The molecule has 1 saturated carbocycles. The molecule has 16 heavy (non-hydrogen) atoms. The van der Waals surface area contributed by atoms with Crippen LogP contribution in [-0.4, -0.2) is 23.2 Å². The smallest absolute Gasteiger partial charge is 0.134 e. The van der Waals surface area contributed by atoms with Crippen molar-refractivity contribution in [1.29, 1.82) is 0 Å². The van der Waals surface area contributed by atoms with Gasteiger partial charge >= 0.3 is 0 Å². The maximum absolute atomic E-state index is 9.35. The quantitative estimate of drug-likeness (QED) is 0.903. The van der Waals surface area contributed by atoms with Crippen LogP contribution in [-0.2, 0) is 6.61 Å². The number of halogens is 1. The molecule has 0 radical (unpaired) electrons. The maximum Gasteiger partial charge on any atom is 0.134 e. The van der Waals surface area contributed by atoms with Crippen LogP contribution in [0.3, 0.4) is 0 Å². The second-order valence-electron chi connectivity index (χ2n) is 4.28. The van der Waals surface area contributed by atoms with Crippen molar-refractivity contribution in [3.05, 3.63) is 22.3 Å². The summed E-state index contributed by atoms with van der Waals surface area (Å²) >= 11 is 3.38. The van der Waals surface area contributed by atoms with Crippen LogP contribution in [0.5, 0.6) is 0 Å². The van der Waals surface area contributed by atoms with Crippen molar-refractivity contribution in [3.8, 4) is 0 Å². The van der Waals surface area contributed by atoms with E-state index in [-0.39, 0.29) is 6.61 Å². The van der Waals surface area contributed by atoms with Gasteiger partial charge in [-0.1, -0.05) is 0 Å². The van der Waals surface area contributed by atoms with Crippen LogP contribution < -0.4 is 4.90 Å². The lowest BCUT2D eigenvalue weighted by Crippen LogP contribution is -2.27. The van der Waals surface area contributed by atoms with Crippen LogP contribution in [0.25, 0.3) is 0 Å². The molecular formula is C12H17BrN2O. The van der Waals surface area contributed by atoms with E-state index in [1.165, 1.54) is 12.8 Å². The average molecular weight is 285 g/mol. The van der Waals surface area contributed by atoms with Gasteiger partial charge in [-0.15, -0.1) is 0 Å². The fourth-order valence-corrected chi connectivity index (χ4v) is 2.23. The molecule has 0 amide bonds. The number of hydrogen-bond acceptors (Lipinski definition) is 3. The molecule has 1 aromatic heterocycles. The lowest BCUT2D eigenvalue weighted by molar-refractivity contribution is 0.281. The molecule has 0 saturated heterocycles. The van der Waals surface area contributed by atoms with Crippen molar-refractivity contribution >= 4 is 21.7 Å². The number of rotatable bonds is 5. The molecule has 0 spiro atoms. The van der Waals surface area contributed by atoms with Gasteiger partial charge in [0.15, 0.2) is 0 Å². The highest BCUT2D eigenvalue weighted by Crippen LogP contribution is 2.32. The molecule has 0 atom stereocenters. The van der Waals surface area contributed by atoms with Crippen molar-refractivity contribution in [2.75, 3.05) is 18.0 Å². The summed E-state index contributed by atoms with van der Waals surface area (Å²) in [4.78, 5) is 6.68. The van der Waals surface area contributed by atoms with Gasteiger partial charge in [-0.3, -0.25) is 0 Å². The molecule has 0 bridgehead atoms. The van der Waals surface area contributed by atoms with E-state index < -0.39 is 0 Å². The number of aliphatic hydroxyl groups is 1. The zero-order valence-corrected chi connectivity index (χ0v) is 11.1. The molecule has 1 N–H and O–H groups in total. The number of anilines is 1. The number of aromatic nitrogens is 1. The van der Waals surface area contributed by atoms with Gasteiger partial charge in [0, 0.05) is 29.3 Å². The summed E-state index contributed by atoms with van der Waals surface area (Å²) in [5.41, 5.74) is 0.900. The highest BCUT2D eigenvalue weighted by molar-refractivity contribution is 9.10. The van der Waals surface area contributed by atoms with Gasteiger partial charge in [0.05, 0.1) is 6.61 Å². The predicted molar refractivity (Wildman–Crippen MR) is 68.5 cm³/mol. The largest absolute Gasteiger partial charge is 0.392 e. The summed E-state index contributed by atoms with van der Waals surface area (Å²) in [6.45, 7) is 4.19. The molecule has 0 aromatic carbocycles. The maximum atomic E-state index is 9.35. The first-order valence-corrected chi connectivity index (χ1v) is 6.54. The summed E-state index contributed by atoms with van der Waals surface area (Å²) < 4.78 is 0.919. The highest BCUT2D eigenvalue weighted by atomic mass is 79.9. The molecule has 2 rings (SSSR count). The lowest BCUT2D eigenvalue weighted by Gasteiger charge is -2.24. The Hall–Kier alpha value is -0.610. The topological polar surface area (TPSA) is 36.4 Å². The second kappa shape index (κ2) is 5.15. The molecule has 1 heterocycles. The van der Waals surface area contributed by atoms with E-state index in [0.29, 0.717) is 0 Å². The van der Waals surface area contributed by atoms with Gasteiger partial charge in [-0.25, -0.2) is 4.98 Å². The van der Waals surface area contributed by atoms with Gasteiger partial charge < -0.3 is 10.0 Å². The Morgan fingerprint density at radius 3 is 2.88 bits per heavy atom. The Morgan fingerprint density at radius 2 is 2.31 bits per heavy atom. The van der Waals surface area contributed by atoms with E-state index in [2.05, 4.69) is 32.7 Å². The summed E-state index contributed by atoms with van der Waals surface area (Å²) in [6.07, 6.45) is 4.47. The zero-order valence-electron chi connectivity index (χ0n) is 9.49. The minimum Gasteiger partial charge on any atom is -0.392 e. The molecule has 1 fully saturated rings. The molecule has 3 nitrogen and oxygen atoms in total. The van der Waals surface area contributed by atoms with Crippen LogP contribution in [0.2, 0.25) is 0 Å². The van der Waals surface area contributed by atoms with Crippen LogP contribution in [0, 0.1) is 5.92 Å². The van der Waals surface area contributed by atoms with E-state index in [9.17, 15) is 5.11 Å². The van der Waals surface area contributed by atoms with Crippen LogP contribution in [0.15, 0.2) is 16.7 Å². The third kappa shape index (κ3) is 2.74. The summed E-state index contributed by atoms with van der Waals surface area (Å²) in [5, 5.41) is 9.35. The Morgan fingerprint density at radius 1 is 1.56 bits per heavy atom. The minimum atomic E-state index is 0.0446. The van der Waals surface area contributed by atoms with Crippen molar-refractivity contribution in [2.24, 2.45) is 5.92 Å². The first-order valence-electron chi connectivity index (χ1n) is 5.74. The normalized spacial score (nSPS) is 15.2. The Kier molecular flexibility index (Phi) is 3.82. The van der Waals surface area contributed by atoms with Crippen molar-refractivity contribution in [1.82, 2.24) is 4.98 Å². The Balaban J connectivity index is 2.21. The molecule has 1 aliphatic carbocycles. The van der Waals surface area contributed by atoms with Gasteiger partial charge in [0.1, 0.15) is 5.82 Å². The summed E-state index contributed by atoms with van der Waals surface area (Å²) in [5.74, 6) is 1.76. The van der Waals surface area contributed by atoms with Gasteiger partial charge in [0.25, 0.3) is 0 Å². The van der Waals surface area contributed by atoms with E-state index in [1.54, 1.807) is 6.20 Å². The van der Waals surface area contributed by atoms with Gasteiger partial charge in [-0.2, -0.15) is 0 Å². The van der Waals surface area contributed by atoms with Crippen molar-refractivity contribution < 1.29 is 5.11 Å². The van der Waals surface area contributed by atoms with Crippen LogP contribution in [0.4, 0.5) is 5.82 Å². The van der Waals surface area contributed by atoms with Crippen LogP contribution >= 0.6 is 15.9 Å². The van der Waals surface area contributed by atoms with E-state index in [4.69, 9.17) is 0 Å². The first kappa shape index (κ1) is 11.9. The second-order valence-corrected chi connectivity index (χ2v) is 5.19. The molecule has 4 heteroatoms. The van der Waals surface area contributed by atoms with E-state index in [1.807, 2.05) is 6.07 Å². The third-order valence-corrected chi connectivity index (χ3v) is 3.37. The standard InChI is InChI=1S/C12H17BrN2O/c1-2-15(7-9-3-4-9)12-10(8-16)5-11(13)6-14-12/h5-6,9,16H,2-4,7-8H2,1H3. The molecule has 1 aromatic rings. The lowest BCUT2D eigenvalue weighted by atomic mass is 10.2. The Labute approximate surface area is 105 Å². The highest BCUT2D eigenvalue weighted by Gasteiger charge is 2.25. The first-order chi connectivity index (χ1) is 7.74. The van der Waals surface area contributed by atoms with E-state index in [0.717, 1.165) is 34.9 Å². The monoisotopic (exact) mass is 284 g/mol. The SMILES string of the molecule is CCN(CC1CC1)c1ncc(Br)cc1CO. The van der Waals surface area contributed by atoms with Gasteiger partial charge in [-0.05, 0) is 47.7 Å². The minimum absolute atomic E-state index is 0.0446. The molecule has 0 aliphatic heterocycles. The average Bonchev–Trinajstić information content (AvgIpc) is 3.10.